The molecule has 1 aliphatic rings. The highest BCUT2D eigenvalue weighted by Gasteiger charge is 2.35. The maximum Gasteiger partial charge on any atom is 0.351 e. The Balaban J connectivity index is 1.82. The number of anilines is 1. The summed E-state index contributed by atoms with van der Waals surface area (Å²) in [6, 6.07) is 0. The fourth-order valence-electron chi connectivity index (χ4n) is 2.00. The molecule has 3 heterocycles. The summed E-state index contributed by atoms with van der Waals surface area (Å²) in [5, 5.41) is 0. The first kappa shape index (κ1) is 15.0. The molecule has 0 saturated carbocycles. The Hall–Kier alpha value is -1.91. The van der Waals surface area contributed by atoms with E-state index in [2.05, 4.69) is 15.0 Å². The molecule has 22 heavy (non-hydrogen) atoms. The summed E-state index contributed by atoms with van der Waals surface area (Å²) in [7, 11) is -4.37. The van der Waals surface area contributed by atoms with Crippen LogP contribution in [0.4, 0.5) is 10.2 Å². The van der Waals surface area contributed by atoms with Crippen LogP contribution in [0.1, 0.15) is 6.23 Å². The van der Waals surface area contributed by atoms with Gasteiger partial charge >= 0.3 is 13.2 Å². The average molecular weight is 332 g/mol. The quantitative estimate of drug-likeness (QED) is 0.440. The average Bonchev–Trinajstić information content (AvgIpc) is 3.00. The molecule has 5 N–H and O–H groups in total. The zero-order valence-corrected chi connectivity index (χ0v) is 11.9. The molecule has 10 nitrogen and oxygen atoms in total. The number of halogens is 1. The number of imidazole rings is 1. The molecule has 12 heteroatoms. The smallest absolute Gasteiger partial charge is 0.351 e. The van der Waals surface area contributed by atoms with Gasteiger partial charge in [-0.3, -0.25) is 9.55 Å². The van der Waals surface area contributed by atoms with E-state index in [1.807, 2.05) is 0 Å². The zero-order valence-electron chi connectivity index (χ0n) is 11.0. The number of nitrogens with one attached hydrogen (secondary N) is 1. The van der Waals surface area contributed by atoms with Crippen LogP contribution in [-0.2, 0) is 14.0 Å². The van der Waals surface area contributed by atoms with Crippen molar-refractivity contribution in [3.63, 3.8) is 0 Å². The molecule has 118 valence electrons. The largest absolute Gasteiger partial charge is 0.380 e. The number of nitrogens with two attached hydrogens (primary N) is 1. The molecular formula is C10H12FN5O5P+. The second-order valence-electron chi connectivity index (χ2n) is 4.51. The highest BCUT2D eigenvalue weighted by Crippen LogP contribution is 2.36. The van der Waals surface area contributed by atoms with Crippen molar-refractivity contribution in [3.8, 4) is 0 Å². The first-order valence-corrected chi connectivity index (χ1v) is 7.82. The highest BCUT2D eigenvalue weighted by atomic mass is 31.2. The molecule has 0 aromatic carbocycles. The van der Waals surface area contributed by atoms with E-state index in [0.717, 1.165) is 6.08 Å². The number of nitrogens with zero attached hydrogens (tertiary/aromatic N) is 3. The minimum Gasteiger partial charge on any atom is -0.380 e. The Morgan fingerprint density at radius 1 is 1.55 bits per heavy atom. The van der Waals surface area contributed by atoms with Crippen molar-refractivity contribution < 1.29 is 32.8 Å². The molecule has 2 aromatic heterocycles. The Kier molecular flexibility index (Phi) is 3.67. The van der Waals surface area contributed by atoms with Crippen molar-refractivity contribution >= 4 is 24.6 Å². The van der Waals surface area contributed by atoms with Crippen LogP contribution in [0.2, 0.25) is 0 Å². The molecule has 0 saturated heterocycles. The number of ether oxygens (including phenoxy) is 2. The monoisotopic (exact) mass is 332 g/mol. The van der Waals surface area contributed by atoms with Gasteiger partial charge in [0.2, 0.25) is 11.7 Å². The molecular weight excluding hydrogens is 320 g/mol. The first-order valence-electron chi connectivity index (χ1n) is 6.03. The maximum atomic E-state index is 14.0. The maximum absolute atomic E-state index is 14.0. The SMILES string of the molecule is Nc1ncnc2c1[nH]c[n+]2C1OC(OCP(=O)(O)O)C=C1F. The number of hydrogen-bond acceptors (Lipinski definition) is 6. The van der Waals surface area contributed by atoms with Gasteiger partial charge in [-0.15, -0.1) is 0 Å². The Labute approximate surface area is 122 Å². The highest BCUT2D eigenvalue weighted by molar-refractivity contribution is 7.51. The van der Waals surface area contributed by atoms with Gasteiger partial charge in [0.25, 0.3) is 0 Å². The van der Waals surface area contributed by atoms with Crippen molar-refractivity contribution in [2.75, 3.05) is 12.1 Å². The van der Waals surface area contributed by atoms with E-state index in [9.17, 15) is 8.96 Å². The molecule has 0 amide bonds. The lowest BCUT2D eigenvalue weighted by molar-refractivity contribution is -0.735. The van der Waals surface area contributed by atoms with Gasteiger partial charge < -0.3 is 25.0 Å². The second kappa shape index (κ2) is 5.38. The van der Waals surface area contributed by atoms with Crippen molar-refractivity contribution in [2.24, 2.45) is 0 Å². The number of hydrogen-bond donors (Lipinski definition) is 4. The number of rotatable bonds is 4. The summed E-state index contributed by atoms with van der Waals surface area (Å²) in [6.07, 6.45) is 0.344. The topological polar surface area (TPSA) is 147 Å². The van der Waals surface area contributed by atoms with Crippen molar-refractivity contribution in [1.29, 1.82) is 0 Å². The van der Waals surface area contributed by atoms with E-state index >= 15 is 0 Å². The fraction of sp³-hybridized carbons (Fsp3) is 0.300. The number of nitrogen functional groups attached to an aromatic ring is 1. The van der Waals surface area contributed by atoms with Crippen molar-refractivity contribution in [3.05, 3.63) is 24.6 Å². The second-order valence-corrected chi connectivity index (χ2v) is 6.09. The third kappa shape index (κ3) is 2.85. The molecule has 0 fully saturated rings. The van der Waals surface area contributed by atoms with Gasteiger partial charge in [-0.05, 0) is 0 Å². The molecule has 0 aliphatic carbocycles. The molecule has 2 aromatic rings. The van der Waals surface area contributed by atoms with Crippen LogP contribution in [0.5, 0.6) is 0 Å². The van der Waals surface area contributed by atoms with Gasteiger partial charge in [0.15, 0.2) is 36.9 Å². The van der Waals surface area contributed by atoms with Gasteiger partial charge in [0.1, 0.15) is 0 Å². The minimum atomic E-state index is -4.37. The molecule has 0 bridgehead atoms. The summed E-state index contributed by atoms with van der Waals surface area (Å²) in [6.45, 7) is 0. The van der Waals surface area contributed by atoms with E-state index in [-0.39, 0.29) is 5.82 Å². The van der Waals surface area contributed by atoms with E-state index < -0.39 is 32.3 Å². The summed E-state index contributed by atoms with van der Waals surface area (Å²) in [4.78, 5) is 28.1. The minimum absolute atomic E-state index is 0.195. The van der Waals surface area contributed by atoms with Crippen LogP contribution in [0.3, 0.4) is 0 Å². The molecule has 2 unspecified atom stereocenters. The van der Waals surface area contributed by atoms with Crippen LogP contribution in [0.25, 0.3) is 11.2 Å². The summed E-state index contributed by atoms with van der Waals surface area (Å²) in [5.74, 6) is -0.487. The molecule has 2 atom stereocenters. The van der Waals surface area contributed by atoms with Gasteiger partial charge in [0.05, 0.1) is 0 Å². The number of aromatic nitrogens is 4. The normalized spacial score (nSPS) is 22.2. The first-order chi connectivity index (χ1) is 10.3. The van der Waals surface area contributed by atoms with E-state index in [1.54, 1.807) is 0 Å². The predicted molar refractivity (Wildman–Crippen MR) is 69.6 cm³/mol. The third-order valence-corrected chi connectivity index (χ3v) is 3.39. The molecule has 3 rings (SSSR count). The fourth-order valence-corrected chi connectivity index (χ4v) is 2.34. The Morgan fingerprint density at radius 3 is 3.05 bits per heavy atom. The summed E-state index contributed by atoms with van der Waals surface area (Å²) >= 11 is 0. The molecule has 0 radical (unpaired) electrons. The van der Waals surface area contributed by atoms with E-state index in [4.69, 9.17) is 25.0 Å². The van der Waals surface area contributed by atoms with Crippen molar-refractivity contribution in [1.82, 2.24) is 15.0 Å². The predicted octanol–water partition coefficient (Wildman–Crippen LogP) is -0.312. The number of fused-ring (bicyclic) bond motifs is 1. The Morgan fingerprint density at radius 2 is 2.32 bits per heavy atom. The Bertz CT molecular complexity index is 789. The van der Waals surface area contributed by atoms with E-state index in [1.165, 1.54) is 17.2 Å². The van der Waals surface area contributed by atoms with E-state index in [0.29, 0.717) is 11.2 Å². The lowest BCUT2D eigenvalue weighted by Gasteiger charge is -2.13. The lowest BCUT2D eigenvalue weighted by Crippen LogP contribution is -2.40. The standard InChI is InChI=1S/C10H11FN5O5P/c11-5-1-6(20-4-22(17,18)19)21-10(5)16-3-15-7-8(12)13-2-14-9(7)16/h1-3,6,10H,4H2,(H4,12,13,14,17,18,19)/p+1. The lowest BCUT2D eigenvalue weighted by atomic mass is 10.4. The third-order valence-electron chi connectivity index (χ3n) is 2.90. The van der Waals surface area contributed by atoms with Gasteiger partial charge in [-0.2, -0.15) is 9.55 Å². The van der Waals surface area contributed by atoms with Gasteiger partial charge in [-0.25, -0.2) is 4.39 Å². The van der Waals surface area contributed by atoms with Gasteiger partial charge in [-0.1, -0.05) is 4.98 Å². The number of H-pyrrole nitrogens is 1. The van der Waals surface area contributed by atoms with Crippen LogP contribution in [0.15, 0.2) is 24.6 Å². The molecule has 1 aliphatic heterocycles. The summed E-state index contributed by atoms with van der Waals surface area (Å²) in [5.41, 5.74) is 6.40. The summed E-state index contributed by atoms with van der Waals surface area (Å²) < 4.78 is 36.2. The van der Waals surface area contributed by atoms with Crippen molar-refractivity contribution in [2.45, 2.75) is 12.5 Å². The van der Waals surface area contributed by atoms with Crippen LogP contribution in [0, 0.1) is 0 Å². The molecule has 0 spiro atoms. The van der Waals surface area contributed by atoms with Crippen LogP contribution < -0.4 is 10.3 Å². The van der Waals surface area contributed by atoms with Crippen LogP contribution in [-0.4, -0.2) is 37.4 Å². The zero-order chi connectivity index (χ0) is 15.9. The number of aromatic amines is 1. The van der Waals surface area contributed by atoms with Crippen LogP contribution >= 0.6 is 7.60 Å². The van der Waals surface area contributed by atoms with Gasteiger partial charge in [0, 0.05) is 6.08 Å².